The number of nitrogens with zero attached hydrogens (tertiary/aromatic N) is 5. The molecule has 0 spiro atoms. The van der Waals surface area contributed by atoms with Crippen LogP contribution in [-0.4, -0.2) is 56.9 Å². The predicted molar refractivity (Wildman–Crippen MR) is 130 cm³/mol. The molecule has 4 rings (SSSR count). The number of rotatable bonds is 10. The topological polar surface area (TPSA) is 105 Å². The van der Waals surface area contributed by atoms with Crippen LogP contribution in [0.15, 0.2) is 35.6 Å². The SMILES string of the molecule is CCCNc1nc(SCC)nc2c1cnn2CCNC(=O)C1CC(=O)N(c2ccc(F)cc2)C1. The molecule has 9 nitrogen and oxygen atoms in total. The van der Waals surface area contributed by atoms with E-state index in [0.29, 0.717) is 23.9 Å². The van der Waals surface area contributed by atoms with E-state index in [9.17, 15) is 14.0 Å². The minimum Gasteiger partial charge on any atom is -0.369 e. The van der Waals surface area contributed by atoms with Gasteiger partial charge < -0.3 is 15.5 Å². The highest BCUT2D eigenvalue weighted by molar-refractivity contribution is 7.99. The fourth-order valence-corrected chi connectivity index (χ4v) is 4.42. The number of aromatic nitrogens is 4. The molecule has 0 radical (unpaired) electrons. The van der Waals surface area contributed by atoms with Crippen LogP contribution in [-0.2, 0) is 16.1 Å². The quantitative estimate of drug-likeness (QED) is 0.336. The first-order chi connectivity index (χ1) is 16.5. The van der Waals surface area contributed by atoms with E-state index < -0.39 is 5.92 Å². The summed E-state index contributed by atoms with van der Waals surface area (Å²) in [6.07, 6.45) is 2.85. The van der Waals surface area contributed by atoms with Gasteiger partial charge >= 0.3 is 0 Å². The second-order valence-electron chi connectivity index (χ2n) is 7.99. The second-order valence-corrected chi connectivity index (χ2v) is 9.22. The Morgan fingerprint density at radius 1 is 1.21 bits per heavy atom. The van der Waals surface area contributed by atoms with E-state index in [0.717, 1.165) is 35.6 Å². The molecule has 1 aromatic carbocycles. The van der Waals surface area contributed by atoms with Crippen LogP contribution in [0.5, 0.6) is 0 Å². The zero-order chi connectivity index (χ0) is 24.1. The van der Waals surface area contributed by atoms with Crippen LogP contribution in [0.4, 0.5) is 15.9 Å². The van der Waals surface area contributed by atoms with E-state index in [1.165, 1.54) is 17.0 Å². The van der Waals surface area contributed by atoms with Gasteiger partial charge in [0.1, 0.15) is 11.6 Å². The fraction of sp³-hybridized carbons (Fsp3) is 0.435. The van der Waals surface area contributed by atoms with Gasteiger partial charge in [-0.2, -0.15) is 5.10 Å². The van der Waals surface area contributed by atoms with Gasteiger partial charge in [0.2, 0.25) is 11.8 Å². The number of carbonyl (C=O) groups is 2. The van der Waals surface area contributed by atoms with Crippen molar-refractivity contribution in [1.82, 2.24) is 25.1 Å². The molecular formula is C23H28FN7O2S. The Bertz CT molecular complexity index is 1170. The van der Waals surface area contributed by atoms with E-state index in [-0.39, 0.29) is 30.6 Å². The molecule has 3 aromatic rings. The van der Waals surface area contributed by atoms with Crippen LogP contribution in [0.1, 0.15) is 26.7 Å². The molecule has 0 aliphatic carbocycles. The Kier molecular flexibility index (Phi) is 7.61. The van der Waals surface area contributed by atoms with E-state index in [2.05, 4.69) is 39.5 Å². The maximum Gasteiger partial charge on any atom is 0.227 e. The summed E-state index contributed by atoms with van der Waals surface area (Å²) in [6, 6.07) is 5.71. The summed E-state index contributed by atoms with van der Waals surface area (Å²) in [5.41, 5.74) is 1.31. The number of hydrogen-bond donors (Lipinski definition) is 2. The lowest BCUT2D eigenvalue weighted by molar-refractivity contribution is -0.126. The first-order valence-corrected chi connectivity index (χ1v) is 12.4. The molecule has 2 N–H and O–H groups in total. The summed E-state index contributed by atoms with van der Waals surface area (Å²) in [5.74, 6) is 0.480. The molecule has 180 valence electrons. The van der Waals surface area contributed by atoms with Crippen molar-refractivity contribution < 1.29 is 14.0 Å². The summed E-state index contributed by atoms with van der Waals surface area (Å²) in [4.78, 5) is 35.9. The van der Waals surface area contributed by atoms with Crippen molar-refractivity contribution in [2.75, 3.05) is 35.6 Å². The summed E-state index contributed by atoms with van der Waals surface area (Å²) in [5, 5.41) is 12.2. The highest BCUT2D eigenvalue weighted by atomic mass is 32.2. The number of fused-ring (bicyclic) bond motifs is 1. The van der Waals surface area contributed by atoms with Crippen molar-refractivity contribution in [3.63, 3.8) is 0 Å². The zero-order valence-corrected chi connectivity index (χ0v) is 20.1. The van der Waals surface area contributed by atoms with Crippen LogP contribution in [0.25, 0.3) is 11.0 Å². The van der Waals surface area contributed by atoms with Gasteiger partial charge in [0.05, 0.1) is 24.0 Å². The predicted octanol–water partition coefficient (Wildman–Crippen LogP) is 3.07. The van der Waals surface area contributed by atoms with Crippen molar-refractivity contribution in [1.29, 1.82) is 0 Å². The molecule has 1 saturated heterocycles. The number of halogens is 1. The Hall–Kier alpha value is -3.21. The molecule has 34 heavy (non-hydrogen) atoms. The number of thioether (sulfide) groups is 1. The maximum atomic E-state index is 13.2. The molecule has 0 bridgehead atoms. The number of anilines is 2. The maximum absolute atomic E-state index is 13.2. The monoisotopic (exact) mass is 485 g/mol. The number of hydrogen-bond acceptors (Lipinski definition) is 7. The summed E-state index contributed by atoms with van der Waals surface area (Å²) in [6.45, 7) is 6.02. The van der Waals surface area contributed by atoms with Crippen LogP contribution in [0.3, 0.4) is 0 Å². The Morgan fingerprint density at radius 2 is 2.00 bits per heavy atom. The Labute approximate surface area is 201 Å². The molecule has 1 aliphatic rings. The number of nitrogens with one attached hydrogen (secondary N) is 2. The van der Waals surface area contributed by atoms with Gasteiger partial charge in [-0.25, -0.2) is 19.0 Å². The molecular weight excluding hydrogens is 457 g/mol. The third kappa shape index (κ3) is 5.30. The molecule has 0 saturated carbocycles. The van der Waals surface area contributed by atoms with E-state index >= 15 is 0 Å². The van der Waals surface area contributed by atoms with Crippen LogP contribution < -0.4 is 15.5 Å². The third-order valence-corrected chi connectivity index (χ3v) is 6.28. The van der Waals surface area contributed by atoms with Crippen LogP contribution in [0.2, 0.25) is 0 Å². The molecule has 11 heteroatoms. The van der Waals surface area contributed by atoms with Crippen molar-refractivity contribution in [3.05, 3.63) is 36.3 Å². The average molecular weight is 486 g/mol. The Morgan fingerprint density at radius 3 is 2.74 bits per heavy atom. The van der Waals surface area contributed by atoms with Gasteiger partial charge in [0.15, 0.2) is 10.8 Å². The van der Waals surface area contributed by atoms with Crippen LogP contribution >= 0.6 is 11.8 Å². The largest absolute Gasteiger partial charge is 0.369 e. The van der Waals surface area contributed by atoms with Gasteiger partial charge in [-0.1, -0.05) is 25.6 Å². The van der Waals surface area contributed by atoms with Gasteiger partial charge in [0.25, 0.3) is 0 Å². The van der Waals surface area contributed by atoms with Crippen LogP contribution in [0, 0.1) is 11.7 Å². The van der Waals surface area contributed by atoms with Gasteiger partial charge in [-0.15, -0.1) is 0 Å². The molecule has 1 fully saturated rings. The summed E-state index contributed by atoms with van der Waals surface area (Å²) < 4.78 is 14.9. The van der Waals surface area contributed by atoms with Crippen molar-refractivity contribution in [3.8, 4) is 0 Å². The van der Waals surface area contributed by atoms with Crippen molar-refractivity contribution in [2.24, 2.45) is 5.92 Å². The van der Waals surface area contributed by atoms with Crippen molar-refractivity contribution >= 4 is 46.1 Å². The minimum absolute atomic E-state index is 0.130. The normalized spacial score (nSPS) is 15.8. The smallest absolute Gasteiger partial charge is 0.227 e. The zero-order valence-electron chi connectivity index (χ0n) is 19.3. The van der Waals surface area contributed by atoms with E-state index in [1.54, 1.807) is 34.8 Å². The molecule has 1 unspecified atom stereocenters. The van der Waals surface area contributed by atoms with Gasteiger partial charge in [-0.05, 0) is 36.4 Å². The van der Waals surface area contributed by atoms with Gasteiger partial charge in [0, 0.05) is 31.7 Å². The van der Waals surface area contributed by atoms with Crippen molar-refractivity contribution in [2.45, 2.75) is 38.4 Å². The van der Waals surface area contributed by atoms with E-state index in [4.69, 9.17) is 0 Å². The molecule has 2 amide bonds. The highest BCUT2D eigenvalue weighted by Gasteiger charge is 2.35. The molecule has 2 aromatic heterocycles. The standard InChI is InChI=1S/C23H28FN7O2S/c1-3-9-25-20-18-13-27-31(21(18)29-23(28-20)34-4-2)11-10-26-22(33)15-12-19(32)30(14-15)17-7-5-16(24)6-8-17/h5-8,13,15H,3-4,9-12,14H2,1-2H3,(H,26,33)(H,25,28,29). The average Bonchev–Trinajstić information content (AvgIpc) is 3.42. The highest BCUT2D eigenvalue weighted by Crippen LogP contribution is 2.26. The first kappa shape index (κ1) is 23.9. The Balaban J connectivity index is 1.38. The summed E-state index contributed by atoms with van der Waals surface area (Å²) >= 11 is 1.56. The number of carbonyl (C=O) groups excluding carboxylic acids is 2. The minimum atomic E-state index is -0.452. The van der Waals surface area contributed by atoms with E-state index in [1.807, 2.05) is 0 Å². The fourth-order valence-electron chi connectivity index (χ4n) is 3.85. The van der Waals surface area contributed by atoms with Gasteiger partial charge in [-0.3, -0.25) is 9.59 Å². The third-order valence-electron chi connectivity index (χ3n) is 5.55. The lowest BCUT2D eigenvalue weighted by Gasteiger charge is -2.16. The summed E-state index contributed by atoms with van der Waals surface area (Å²) in [7, 11) is 0. The lowest BCUT2D eigenvalue weighted by atomic mass is 10.1. The molecule has 1 atom stereocenters. The first-order valence-electron chi connectivity index (χ1n) is 11.4. The second kappa shape index (κ2) is 10.8. The lowest BCUT2D eigenvalue weighted by Crippen LogP contribution is -2.35. The number of amides is 2. The molecule has 3 heterocycles. The number of benzene rings is 1. The molecule has 1 aliphatic heterocycles.